The van der Waals surface area contributed by atoms with Crippen LogP contribution in [0.25, 0.3) is 0 Å². The molecule has 1 unspecified atom stereocenters. The summed E-state index contributed by atoms with van der Waals surface area (Å²) in [6.07, 6.45) is 1.27. The maximum Gasteiger partial charge on any atom is 0.311 e. The molecule has 1 aromatic heterocycles. The minimum Gasteiger partial charge on any atom is -0.481 e. The van der Waals surface area contributed by atoms with E-state index < -0.39 is 11.4 Å². The molecule has 0 bridgehead atoms. The van der Waals surface area contributed by atoms with E-state index in [1.807, 2.05) is 13.8 Å². The molecular formula is C14H20N2O4. The Bertz CT molecular complexity index is 523. The van der Waals surface area contributed by atoms with Crippen molar-refractivity contribution in [2.45, 2.75) is 39.5 Å². The molecule has 0 aliphatic carbocycles. The summed E-state index contributed by atoms with van der Waals surface area (Å²) in [7, 11) is 0. The third-order valence-corrected chi connectivity index (χ3v) is 3.82. The number of nitrogens with zero attached hydrogens (tertiary/aromatic N) is 2. The maximum absolute atomic E-state index is 12.4. The number of aliphatic carboxylic acids is 1. The van der Waals surface area contributed by atoms with Crippen molar-refractivity contribution >= 4 is 11.9 Å². The molecule has 1 aromatic rings. The Morgan fingerprint density at radius 1 is 1.50 bits per heavy atom. The molecule has 110 valence electrons. The Balaban J connectivity index is 2.14. The van der Waals surface area contributed by atoms with Gasteiger partial charge < -0.3 is 14.5 Å². The van der Waals surface area contributed by atoms with Crippen LogP contribution in [0.2, 0.25) is 0 Å². The number of piperidine rings is 1. The van der Waals surface area contributed by atoms with E-state index in [4.69, 9.17) is 4.52 Å². The molecule has 0 radical (unpaired) electrons. The minimum atomic E-state index is -0.876. The number of carboxylic acid groups (broad SMARTS) is 1. The molecule has 1 saturated heterocycles. The van der Waals surface area contributed by atoms with Crippen molar-refractivity contribution in [2.24, 2.45) is 5.41 Å². The molecule has 1 fully saturated rings. The van der Waals surface area contributed by atoms with E-state index in [0.717, 1.165) is 0 Å². The van der Waals surface area contributed by atoms with Gasteiger partial charge in [-0.15, -0.1) is 0 Å². The zero-order valence-corrected chi connectivity index (χ0v) is 12.0. The van der Waals surface area contributed by atoms with Crippen LogP contribution >= 0.6 is 0 Å². The molecule has 1 amide bonds. The van der Waals surface area contributed by atoms with Gasteiger partial charge in [-0.1, -0.05) is 19.0 Å². The van der Waals surface area contributed by atoms with Crippen molar-refractivity contribution < 1.29 is 19.2 Å². The van der Waals surface area contributed by atoms with Gasteiger partial charge in [0.1, 0.15) is 5.76 Å². The Morgan fingerprint density at radius 2 is 2.20 bits per heavy atom. The van der Waals surface area contributed by atoms with Crippen molar-refractivity contribution in [1.82, 2.24) is 10.1 Å². The van der Waals surface area contributed by atoms with Crippen LogP contribution in [-0.2, 0) is 4.79 Å². The van der Waals surface area contributed by atoms with Gasteiger partial charge in [-0.25, -0.2) is 0 Å². The Morgan fingerprint density at radius 3 is 2.75 bits per heavy atom. The van der Waals surface area contributed by atoms with E-state index in [-0.39, 0.29) is 24.1 Å². The second kappa shape index (κ2) is 5.26. The smallest absolute Gasteiger partial charge is 0.311 e. The second-order valence-electron chi connectivity index (χ2n) is 5.97. The lowest BCUT2D eigenvalue weighted by molar-refractivity contribution is -0.150. The molecule has 0 spiro atoms. The van der Waals surface area contributed by atoms with E-state index in [9.17, 15) is 14.7 Å². The highest BCUT2D eigenvalue weighted by Gasteiger charge is 2.40. The molecule has 0 aromatic carbocycles. The predicted octanol–water partition coefficient (Wildman–Crippen LogP) is 2.12. The van der Waals surface area contributed by atoms with Crippen molar-refractivity contribution in [3.63, 3.8) is 0 Å². The standard InChI is InChI=1S/C14H20N2O4/c1-9(2)11-7-10(15-20-11)12(17)16-6-4-5-14(3,8-16)13(18)19/h7,9H,4-6,8H2,1-3H3,(H,18,19). The topological polar surface area (TPSA) is 83.6 Å². The molecule has 20 heavy (non-hydrogen) atoms. The summed E-state index contributed by atoms with van der Waals surface area (Å²) in [5.41, 5.74) is -0.623. The zero-order valence-electron chi connectivity index (χ0n) is 12.0. The second-order valence-corrected chi connectivity index (χ2v) is 5.97. The number of hydrogen-bond donors (Lipinski definition) is 1. The van der Waals surface area contributed by atoms with Gasteiger partial charge in [0, 0.05) is 25.1 Å². The fourth-order valence-electron chi connectivity index (χ4n) is 2.41. The van der Waals surface area contributed by atoms with Crippen LogP contribution in [0.15, 0.2) is 10.6 Å². The molecule has 2 rings (SSSR count). The van der Waals surface area contributed by atoms with Crippen LogP contribution in [-0.4, -0.2) is 40.1 Å². The van der Waals surface area contributed by atoms with Gasteiger partial charge in [0.05, 0.1) is 5.41 Å². The largest absolute Gasteiger partial charge is 0.481 e. The number of carbonyl (C=O) groups excluding carboxylic acids is 1. The van der Waals surface area contributed by atoms with Gasteiger partial charge >= 0.3 is 5.97 Å². The SMILES string of the molecule is CC(C)c1cc(C(=O)N2CCCC(C)(C(=O)O)C2)no1. The van der Waals surface area contributed by atoms with Gasteiger partial charge in [-0.05, 0) is 19.8 Å². The van der Waals surface area contributed by atoms with Crippen molar-refractivity contribution in [1.29, 1.82) is 0 Å². The van der Waals surface area contributed by atoms with Gasteiger partial charge in [-0.3, -0.25) is 9.59 Å². The zero-order chi connectivity index (χ0) is 14.9. The number of rotatable bonds is 3. The van der Waals surface area contributed by atoms with E-state index in [1.54, 1.807) is 17.9 Å². The molecule has 0 saturated carbocycles. The number of amides is 1. The van der Waals surface area contributed by atoms with Gasteiger partial charge in [0.25, 0.3) is 5.91 Å². The Hall–Kier alpha value is -1.85. The quantitative estimate of drug-likeness (QED) is 0.916. The summed E-state index contributed by atoms with van der Waals surface area (Å²) < 4.78 is 5.12. The first-order valence-electron chi connectivity index (χ1n) is 6.83. The average molecular weight is 280 g/mol. The Kier molecular flexibility index (Phi) is 3.83. The van der Waals surface area contributed by atoms with Gasteiger partial charge in [-0.2, -0.15) is 0 Å². The van der Waals surface area contributed by atoms with E-state index in [1.165, 1.54) is 0 Å². The lowest BCUT2D eigenvalue weighted by Crippen LogP contribution is -2.48. The van der Waals surface area contributed by atoms with Crippen LogP contribution in [0.1, 0.15) is 55.8 Å². The normalized spacial score (nSPS) is 23.1. The number of carboxylic acids is 1. The molecule has 1 aliphatic heterocycles. The van der Waals surface area contributed by atoms with Crippen LogP contribution in [0.5, 0.6) is 0 Å². The lowest BCUT2D eigenvalue weighted by Gasteiger charge is -2.37. The summed E-state index contributed by atoms with van der Waals surface area (Å²) >= 11 is 0. The van der Waals surface area contributed by atoms with Crippen LogP contribution < -0.4 is 0 Å². The molecule has 2 heterocycles. The van der Waals surface area contributed by atoms with Crippen molar-refractivity contribution in [2.75, 3.05) is 13.1 Å². The number of hydrogen-bond acceptors (Lipinski definition) is 4. The first-order chi connectivity index (χ1) is 9.33. The summed E-state index contributed by atoms with van der Waals surface area (Å²) in [4.78, 5) is 25.2. The van der Waals surface area contributed by atoms with Gasteiger partial charge in [0.2, 0.25) is 0 Å². The molecule has 6 nitrogen and oxygen atoms in total. The fourth-order valence-corrected chi connectivity index (χ4v) is 2.41. The number of aromatic nitrogens is 1. The third kappa shape index (κ3) is 2.69. The molecule has 6 heteroatoms. The third-order valence-electron chi connectivity index (χ3n) is 3.82. The van der Waals surface area contributed by atoms with Crippen LogP contribution in [0.4, 0.5) is 0 Å². The highest BCUT2D eigenvalue weighted by molar-refractivity contribution is 5.92. The highest BCUT2D eigenvalue weighted by atomic mass is 16.5. The fraction of sp³-hybridized carbons (Fsp3) is 0.643. The average Bonchev–Trinajstić information content (AvgIpc) is 2.87. The first kappa shape index (κ1) is 14.6. The van der Waals surface area contributed by atoms with Crippen LogP contribution in [0, 0.1) is 5.41 Å². The first-order valence-corrected chi connectivity index (χ1v) is 6.83. The van der Waals surface area contributed by atoms with Crippen molar-refractivity contribution in [3.8, 4) is 0 Å². The lowest BCUT2D eigenvalue weighted by atomic mass is 9.82. The highest BCUT2D eigenvalue weighted by Crippen LogP contribution is 2.30. The molecule has 1 atom stereocenters. The van der Waals surface area contributed by atoms with E-state index >= 15 is 0 Å². The number of carbonyl (C=O) groups is 2. The van der Waals surface area contributed by atoms with Crippen molar-refractivity contribution in [3.05, 3.63) is 17.5 Å². The van der Waals surface area contributed by atoms with E-state index in [2.05, 4.69) is 5.16 Å². The summed E-state index contributed by atoms with van der Waals surface area (Å²) in [6, 6.07) is 1.64. The van der Waals surface area contributed by atoms with Gasteiger partial charge in [0.15, 0.2) is 5.69 Å². The molecule has 1 aliphatic rings. The van der Waals surface area contributed by atoms with E-state index in [0.29, 0.717) is 25.1 Å². The maximum atomic E-state index is 12.4. The minimum absolute atomic E-state index is 0.162. The van der Waals surface area contributed by atoms with Crippen LogP contribution in [0.3, 0.4) is 0 Å². The monoisotopic (exact) mass is 280 g/mol. The summed E-state index contributed by atoms with van der Waals surface area (Å²) in [6.45, 7) is 6.36. The molecule has 1 N–H and O–H groups in total. The Labute approximate surface area is 117 Å². The summed E-state index contributed by atoms with van der Waals surface area (Å²) in [5.74, 6) is -0.299. The molecular weight excluding hydrogens is 260 g/mol. The predicted molar refractivity (Wildman–Crippen MR) is 71.5 cm³/mol. The number of likely N-dealkylation sites (tertiary alicyclic amines) is 1. The summed E-state index contributed by atoms with van der Waals surface area (Å²) in [5, 5.41) is 13.1.